The van der Waals surface area contributed by atoms with E-state index in [0.29, 0.717) is 19.4 Å². The standard InChI is InChI=1S/C40H45N5O8/c46-27-28-7-9-31(10-8-28)37-24-36(26-43-19-21-44(22-20-43)34-15-17-35(18-16-34)45(50)51)52-40(53-37)32-13-11-30(12-14-32)33-4-1-3-29(23-33)25-41-38(47)5-2-6-39(48)42-49/h1,3-4,7-18,23,36-37,40,46,49H,2,5-6,19-22,24-27H2,(H,41,47)(H,42,48)/t36-,37+,40+/m0/s1. The first kappa shape index (κ1) is 37.6. The third-order valence-corrected chi connectivity index (χ3v) is 9.74. The van der Waals surface area contributed by atoms with Crippen molar-refractivity contribution in [2.24, 2.45) is 0 Å². The van der Waals surface area contributed by atoms with Gasteiger partial charge in [0, 0.05) is 81.9 Å². The summed E-state index contributed by atoms with van der Waals surface area (Å²) in [7, 11) is 0. The van der Waals surface area contributed by atoms with Gasteiger partial charge in [0.15, 0.2) is 6.29 Å². The number of nitro benzene ring substituents is 1. The lowest BCUT2D eigenvalue weighted by molar-refractivity contribution is -0.384. The van der Waals surface area contributed by atoms with Gasteiger partial charge in [-0.15, -0.1) is 0 Å². The van der Waals surface area contributed by atoms with Crippen LogP contribution in [0.4, 0.5) is 11.4 Å². The molecule has 0 bridgehead atoms. The van der Waals surface area contributed by atoms with Crippen LogP contribution in [0.3, 0.4) is 0 Å². The number of non-ortho nitro benzene ring substituents is 1. The molecule has 2 amide bonds. The van der Waals surface area contributed by atoms with Gasteiger partial charge in [0.2, 0.25) is 11.8 Å². The number of nitrogens with zero attached hydrogens (tertiary/aromatic N) is 3. The second-order valence-corrected chi connectivity index (χ2v) is 13.4. The minimum Gasteiger partial charge on any atom is -0.392 e. The summed E-state index contributed by atoms with van der Waals surface area (Å²) >= 11 is 0. The van der Waals surface area contributed by atoms with Gasteiger partial charge >= 0.3 is 0 Å². The molecule has 2 aliphatic rings. The molecule has 0 radical (unpaired) electrons. The predicted octanol–water partition coefficient (Wildman–Crippen LogP) is 5.41. The van der Waals surface area contributed by atoms with Crippen molar-refractivity contribution in [2.45, 2.75) is 57.3 Å². The highest BCUT2D eigenvalue weighted by Crippen LogP contribution is 2.39. The topological polar surface area (TPSA) is 167 Å². The van der Waals surface area contributed by atoms with Gasteiger partial charge in [-0.3, -0.25) is 29.8 Å². The van der Waals surface area contributed by atoms with Crippen LogP contribution in [0.5, 0.6) is 0 Å². The molecule has 4 aromatic carbocycles. The molecular weight excluding hydrogens is 678 g/mol. The van der Waals surface area contributed by atoms with Crippen molar-refractivity contribution in [2.75, 3.05) is 37.6 Å². The third-order valence-electron chi connectivity index (χ3n) is 9.74. The zero-order valence-electron chi connectivity index (χ0n) is 29.4. The summed E-state index contributed by atoms with van der Waals surface area (Å²) in [4.78, 5) is 38.7. The van der Waals surface area contributed by atoms with E-state index < -0.39 is 12.2 Å². The van der Waals surface area contributed by atoms with Crippen molar-refractivity contribution in [3.8, 4) is 11.1 Å². The Kier molecular flexibility index (Phi) is 12.8. The molecule has 3 atom stereocenters. The maximum atomic E-state index is 12.2. The Morgan fingerprint density at radius 1 is 0.811 bits per heavy atom. The molecule has 0 saturated carbocycles. The maximum absolute atomic E-state index is 12.2. The van der Waals surface area contributed by atoms with Gasteiger partial charge in [-0.25, -0.2) is 5.48 Å². The van der Waals surface area contributed by atoms with Crippen molar-refractivity contribution in [3.63, 3.8) is 0 Å². The minimum atomic E-state index is -0.586. The zero-order chi connectivity index (χ0) is 37.2. The number of nitrogens with one attached hydrogen (secondary N) is 2. The van der Waals surface area contributed by atoms with E-state index in [0.717, 1.165) is 71.8 Å². The summed E-state index contributed by atoms with van der Waals surface area (Å²) in [6.45, 7) is 4.34. The lowest BCUT2D eigenvalue weighted by Crippen LogP contribution is -2.49. The maximum Gasteiger partial charge on any atom is 0.269 e. The highest BCUT2D eigenvalue weighted by molar-refractivity contribution is 5.78. The van der Waals surface area contributed by atoms with Crippen molar-refractivity contribution >= 4 is 23.2 Å². The number of piperazine rings is 1. The fourth-order valence-corrected chi connectivity index (χ4v) is 6.74. The van der Waals surface area contributed by atoms with Gasteiger partial charge < -0.3 is 24.8 Å². The summed E-state index contributed by atoms with van der Waals surface area (Å²) in [6.07, 6.45) is 0.410. The van der Waals surface area contributed by atoms with Crippen LogP contribution in [0.1, 0.15) is 60.3 Å². The molecule has 2 saturated heterocycles. The molecule has 13 nitrogen and oxygen atoms in total. The highest BCUT2D eigenvalue weighted by Gasteiger charge is 2.34. The van der Waals surface area contributed by atoms with E-state index in [-0.39, 0.29) is 48.2 Å². The summed E-state index contributed by atoms with van der Waals surface area (Å²) in [6, 6.07) is 30.6. The average Bonchev–Trinajstić information content (AvgIpc) is 3.20. The summed E-state index contributed by atoms with van der Waals surface area (Å²) in [5.74, 6) is -0.677. The average molecular weight is 724 g/mol. The van der Waals surface area contributed by atoms with Crippen LogP contribution in [0.2, 0.25) is 0 Å². The largest absolute Gasteiger partial charge is 0.392 e. The SMILES string of the molecule is O=C(CCCC(=O)NCc1cccc(-c2ccc([C@@H]3O[C@H](CN4CCN(c5ccc([N+](=O)[O-])cc5)CC4)C[C@H](c4ccc(CO)cc4)O3)cc2)c1)NO. The molecular formula is C40H45N5O8. The van der Waals surface area contributed by atoms with E-state index in [1.807, 2.05) is 84.9 Å². The van der Waals surface area contributed by atoms with Gasteiger partial charge in [0.25, 0.3) is 5.69 Å². The summed E-state index contributed by atoms with van der Waals surface area (Å²) in [5.41, 5.74) is 8.35. The number of nitro groups is 1. The Bertz CT molecular complexity index is 1830. The van der Waals surface area contributed by atoms with Crippen LogP contribution in [0, 0.1) is 10.1 Å². The van der Waals surface area contributed by atoms with E-state index in [4.69, 9.17) is 14.7 Å². The Balaban J connectivity index is 1.09. The number of benzene rings is 4. The third kappa shape index (κ3) is 10.2. The van der Waals surface area contributed by atoms with Crippen molar-refractivity contribution in [1.29, 1.82) is 0 Å². The zero-order valence-corrected chi connectivity index (χ0v) is 29.4. The van der Waals surface area contributed by atoms with Crippen LogP contribution in [-0.2, 0) is 32.2 Å². The van der Waals surface area contributed by atoms with Crippen LogP contribution < -0.4 is 15.7 Å². The molecule has 2 heterocycles. The molecule has 53 heavy (non-hydrogen) atoms. The second kappa shape index (κ2) is 18.0. The first-order valence-corrected chi connectivity index (χ1v) is 17.9. The molecule has 0 unspecified atom stereocenters. The number of anilines is 1. The number of aliphatic hydroxyl groups excluding tert-OH is 1. The molecule has 278 valence electrons. The van der Waals surface area contributed by atoms with Crippen molar-refractivity contribution in [3.05, 3.63) is 129 Å². The number of rotatable bonds is 14. The van der Waals surface area contributed by atoms with E-state index in [1.165, 1.54) is 0 Å². The fraction of sp³-hybridized carbons (Fsp3) is 0.350. The van der Waals surface area contributed by atoms with E-state index in [1.54, 1.807) is 17.6 Å². The molecule has 4 N–H and O–H groups in total. The van der Waals surface area contributed by atoms with Gasteiger partial charge in [0.05, 0.1) is 23.7 Å². The minimum absolute atomic E-state index is 0.0245. The normalized spacial score (nSPS) is 19.1. The van der Waals surface area contributed by atoms with Crippen molar-refractivity contribution < 1.29 is 34.3 Å². The molecule has 2 fully saturated rings. The monoisotopic (exact) mass is 723 g/mol. The Morgan fingerprint density at radius 3 is 2.19 bits per heavy atom. The van der Waals surface area contributed by atoms with Crippen LogP contribution in [0.25, 0.3) is 11.1 Å². The molecule has 13 heteroatoms. The molecule has 6 rings (SSSR count). The predicted molar refractivity (Wildman–Crippen MR) is 198 cm³/mol. The van der Waals surface area contributed by atoms with Gasteiger partial charge in [-0.05, 0) is 52.4 Å². The quantitative estimate of drug-likeness (QED) is 0.0751. The lowest BCUT2D eigenvalue weighted by atomic mass is 9.98. The van der Waals surface area contributed by atoms with E-state index in [2.05, 4.69) is 15.1 Å². The Hall–Kier alpha value is -5.18. The van der Waals surface area contributed by atoms with Gasteiger partial charge in [-0.2, -0.15) is 0 Å². The Morgan fingerprint density at radius 2 is 1.51 bits per heavy atom. The number of aliphatic hydroxyl groups is 1. The number of hydrogen-bond donors (Lipinski definition) is 4. The number of hydrogen-bond acceptors (Lipinski definition) is 10. The first-order valence-electron chi connectivity index (χ1n) is 17.9. The van der Waals surface area contributed by atoms with Crippen LogP contribution in [-0.4, -0.2) is 70.8 Å². The molecule has 2 aliphatic heterocycles. The second-order valence-electron chi connectivity index (χ2n) is 13.4. The Labute approximate surface area is 308 Å². The molecule has 0 aliphatic carbocycles. The van der Waals surface area contributed by atoms with Crippen LogP contribution >= 0.6 is 0 Å². The number of ether oxygens (including phenoxy) is 2. The van der Waals surface area contributed by atoms with E-state index in [9.17, 15) is 24.8 Å². The number of hydroxylamine groups is 1. The summed E-state index contributed by atoms with van der Waals surface area (Å²) < 4.78 is 13.2. The lowest BCUT2D eigenvalue weighted by Gasteiger charge is -2.41. The van der Waals surface area contributed by atoms with Gasteiger partial charge in [0.1, 0.15) is 0 Å². The summed E-state index contributed by atoms with van der Waals surface area (Å²) in [5, 5.41) is 32.1. The first-order chi connectivity index (χ1) is 25.8. The van der Waals surface area contributed by atoms with Gasteiger partial charge in [-0.1, -0.05) is 66.7 Å². The van der Waals surface area contributed by atoms with Crippen LogP contribution in [0.15, 0.2) is 97.1 Å². The highest BCUT2D eigenvalue weighted by atomic mass is 16.7. The molecule has 4 aromatic rings. The van der Waals surface area contributed by atoms with Crippen molar-refractivity contribution in [1.82, 2.24) is 15.7 Å². The molecule has 0 spiro atoms. The smallest absolute Gasteiger partial charge is 0.269 e. The molecule has 0 aromatic heterocycles. The number of carbonyl (C=O) groups is 2. The fourth-order valence-electron chi connectivity index (χ4n) is 6.74. The number of carbonyl (C=O) groups excluding carboxylic acids is 2. The van der Waals surface area contributed by atoms with E-state index >= 15 is 0 Å². The number of amides is 2.